The van der Waals surface area contributed by atoms with Crippen molar-refractivity contribution < 1.29 is 0 Å². The topological polar surface area (TPSA) is 31.4 Å². The van der Waals surface area contributed by atoms with Crippen LogP contribution in [0.5, 0.6) is 0 Å². The molecule has 0 saturated carbocycles. The van der Waals surface area contributed by atoms with Crippen molar-refractivity contribution in [3.8, 4) is 0 Å². The fourth-order valence-corrected chi connectivity index (χ4v) is 2.96. The van der Waals surface area contributed by atoms with Crippen LogP contribution in [0.2, 0.25) is 0 Å². The van der Waals surface area contributed by atoms with Gasteiger partial charge in [0, 0.05) is 32.7 Å². The third-order valence-electron chi connectivity index (χ3n) is 3.96. The summed E-state index contributed by atoms with van der Waals surface area (Å²) in [4.78, 5) is 9.40. The largest absolute Gasteiger partial charge is 0.387 e. The lowest BCUT2D eigenvalue weighted by Crippen LogP contribution is -2.50. The average molecular weight is 232 g/mol. The van der Waals surface area contributed by atoms with E-state index in [4.69, 9.17) is 0 Å². The summed E-state index contributed by atoms with van der Waals surface area (Å²) in [5, 5.41) is 3.15. The van der Waals surface area contributed by atoms with Crippen molar-refractivity contribution in [1.29, 1.82) is 0 Å². The Bertz CT molecular complexity index is 393. The van der Waals surface area contributed by atoms with Crippen LogP contribution >= 0.6 is 0 Å². The molecule has 2 saturated heterocycles. The van der Waals surface area contributed by atoms with Gasteiger partial charge in [0.05, 0.1) is 23.8 Å². The van der Waals surface area contributed by atoms with Gasteiger partial charge in [-0.25, -0.2) is 0 Å². The summed E-state index contributed by atoms with van der Waals surface area (Å²) >= 11 is 0. The van der Waals surface area contributed by atoms with Crippen LogP contribution in [-0.4, -0.2) is 49.2 Å². The Morgan fingerprint density at radius 2 is 2.24 bits per heavy atom. The van der Waals surface area contributed by atoms with Gasteiger partial charge >= 0.3 is 0 Å². The molecule has 2 aliphatic heterocycles. The second kappa shape index (κ2) is 4.53. The maximum atomic E-state index is 4.30. The fourth-order valence-electron chi connectivity index (χ4n) is 2.96. The molecular formula is C13H20N4. The average Bonchev–Trinajstić information content (AvgIpc) is 2.86. The lowest BCUT2D eigenvalue weighted by Gasteiger charge is -2.38. The number of hydrogen-bond donors (Lipinski definition) is 1. The van der Waals surface area contributed by atoms with E-state index in [-0.39, 0.29) is 0 Å². The van der Waals surface area contributed by atoms with Crippen LogP contribution in [0.15, 0.2) is 18.5 Å². The summed E-state index contributed by atoms with van der Waals surface area (Å²) in [6.45, 7) is 4.79. The van der Waals surface area contributed by atoms with Gasteiger partial charge in [-0.1, -0.05) is 0 Å². The molecule has 0 bridgehead atoms. The van der Waals surface area contributed by atoms with Crippen molar-refractivity contribution in [3.05, 3.63) is 18.5 Å². The minimum absolute atomic E-state index is 0.766. The van der Waals surface area contributed by atoms with Gasteiger partial charge in [-0.15, -0.1) is 0 Å². The van der Waals surface area contributed by atoms with Gasteiger partial charge in [-0.05, 0) is 25.5 Å². The van der Waals surface area contributed by atoms with Crippen molar-refractivity contribution in [1.82, 2.24) is 9.88 Å². The van der Waals surface area contributed by atoms with Crippen LogP contribution in [0.1, 0.15) is 12.8 Å². The molecule has 3 heterocycles. The highest BCUT2D eigenvalue weighted by atomic mass is 15.3. The summed E-state index contributed by atoms with van der Waals surface area (Å²) in [6, 6.07) is 2.96. The maximum absolute atomic E-state index is 4.30. The highest BCUT2D eigenvalue weighted by molar-refractivity contribution is 5.55. The van der Waals surface area contributed by atoms with Gasteiger partial charge < -0.3 is 10.2 Å². The molecule has 1 aromatic rings. The summed E-state index contributed by atoms with van der Waals surface area (Å²) < 4.78 is 0. The zero-order chi connectivity index (χ0) is 11.7. The van der Waals surface area contributed by atoms with E-state index in [9.17, 15) is 0 Å². The zero-order valence-corrected chi connectivity index (χ0v) is 10.4. The summed E-state index contributed by atoms with van der Waals surface area (Å²) in [5.74, 6) is 0. The van der Waals surface area contributed by atoms with Crippen LogP contribution in [-0.2, 0) is 0 Å². The van der Waals surface area contributed by atoms with E-state index in [0.717, 1.165) is 24.8 Å². The van der Waals surface area contributed by atoms with Gasteiger partial charge in [0.1, 0.15) is 0 Å². The van der Waals surface area contributed by atoms with E-state index in [1.807, 2.05) is 19.4 Å². The van der Waals surface area contributed by atoms with Crippen LogP contribution in [0, 0.1) is 0 Å². The molecule has 2 aliphatic rings. The van der Waals surface area contributed by atoms with Crippen molar-refractivity contribution in [2.24, 2.45) is 0 Å². The lowest BCUT2D eigenvalue weighted by molar-refractivity contribution is 0.231. The molecule has 0 aliphatic carbocycles. The van der Waals surface area contributed by atoms with E-state index >= 15 is 0 Å². The Hall–Kier alpha value is -1.29. The van der Waals surface area contributed by atoms with Crippen LogP contribution in [0.4, 0.5) is 11.4 Å². The molecule has 0 amide bonds. The number of nitrogens with one attached hydrogen (secondary N) is 1. The normalized spacial score (nSPS) is 24.8. The van der Waals surface area contributed by atoms with E-state index < -0.39 is 0 Å². The maximum Gasteiger partial charge on any atom is 0.0574 e. The first kappa shape index (κ1) is 10.8. The van der Waals surface area contributed by atoms with Gasteiger partial charge in [0.2, 0.25) is 0 Å². The molecule has 0 spiro atoms. The summed E-state index contributed by atoms with van der Waals surface area (Å²) in [6.07, 6.45) is 6.57. The molecule has 4 heteroatoms. The Morgan fingerprint density at radius 1 is 1.29 bits per heavy atom. The zero-order valence-electron chi connectivity index (χ0n) is 10.4. The van der Waals surface area contributed by atoms with Crippen LogP contribution < -0.4 is 10.2 Å². The third kappa shape index (κ3) is 2.09. The fraction of sp³-hybridized carbons (Fsp3) is 0.615. The second-order valence-electron chi connectivity index (χ2n) is 4.96. The summed E-state index contributed by atoms with van der Waals surface area (Å²) in [5.41, 5.74) is 2.35. The first-order valence-corrected chi connectivity index (χ1v) is 6.48. The number of piperazine rings is 1. The van der Waals surface area contributed by atoms with Crippen molar-refractivity contribution in [3.63, 3.8) is 0 Å². The predicted molar refractivity (Wildman–Crippen MR) is 70.6 cm³/mol. The van der Waals surface area contributed by atoms with Crippen LogP contribution in [0.25, 0.3) is 0 Å². The number of aromatic nitrogens is 1. The molecule has 1 N–H and O–H groups in total. The Morgan fingerprint density at radius 3 is 3.12 bits per heavy atom. The molecular weight excluding hydrogens is 212 g/mol. The molecule has 0 radical (unpaired) electrons. The number of nitrogens with zero attached hydrogens (tertiary/aromatic N) is 3. The predicted octanol–water partition coefficient (Wildman–Crippen LogP) is 1.41. The summed E-state index contributed by atoms with van der Waals surface area (Å²) in [7, 11) is 1.94. The number of anilines is 2. The molecule has 17 heavy (non-hydrogen) atoms. The molecule has 2 fully saturated rings. The molecule has 92 valence electrons. The first-order valence-electron chi connectivity index (χ1n) is 6.48. The molecule has 0 aromatic carbocycles. The van der Waals surface area contributed by atoms with Crippen molar-refractivity contribution in [2.75, 3.05) is 43.4 Å². The minimum Gasteiger partial charge on any atom is -0.387 e. The van der Waals surface area contributed by atoms with Crippen molar-refractivity contribution >= 4 is 11.4 Å². The van der Waals surface area contributed by atoms with Gasteiger partial charge in [0.15, 0.2) is 0 Å². The molecule has 1 aromatic heterocycles. The van der Waals surface area contributed by atoms with Gasteiger partial charge in [-0.2, -0.15) is 0 Å². The third-order valence-corrected chi connectivity index (χ3v) is 3.96. The monoisotopic (exact) mass is 232 g/mol. The number of fused-ring (bicyclic) bond motifs is 1. The SMILES string of the molecule is CNc1cncc(N2CCN3CCCC3C2)c1. The van der Waals surface area contributed by atoms with E-state index in [0.29, 0.717) is 0 Å². The lowest BCUT2D eigenvalue weighted by atomic mass is 10.1. The standard InChI is InChI=1S/C13H20N4/c1-14-11-7-13(9-15-8-11)17-6-5-16-4-2-3-12(16)10-17/h7-9,12,14H,2-6,10H2,1H3. The molecule has 1 unspecified atom stereocenters. The quantitative estimate of drug-likeness (QED) is 0.835. The molecule has 4 nitrogen and oxygen atoms in total. The number of pyridine rings is 1. The van der Waals surface area contributed by atoms with Gasteiger partial charge in [0.25, 0.3) is 0 Å². The molecule has 1 atom stereocenters. The van der Waals surface area contributed by atoms with E-state index in [1.54, 1.807) is 0 Å². The number of rotatable bonds is 2. The van der Waals surface area contributed by atoms with Gasteiger partial charge in [-0.3, -0.25) is 9.88 Å². The minimum atomic E-state index is 0.766. The Balaban J connectivity index is 1.75. The Labute approximate surface area is 103 Å². The number of hydrogen-bond acceptors (Lipinski definition) is 4. The smallest absolute Gasteiger partial charge is 0.0574 e. The first-order chi connectivity index (χ1) is 8.36. The van der Waals surface area contributed by atoms with Crippen LogP contribution in [0.3, 0.4) is 0 Å². The molecule has 3 rings (SSSR count). The highest BCUT2D eigenvalue weighted by Gasteiger charge is 2.30. The van der Waals surface area contributed by atoms with Crippen molar-refractivity contribution in [2.45, 2.75) is 18.9 Å². The van der Waals surface area contributed by atoms with E-state index in [2.05, 4.69) is 26.2 Å². The highest BCUT2D eigenvalue weighted by Crippen LogP contribution is 2.26. The van der Waals surface area contributed by atoms with E-state index in [1.165, 1.54) is 31.6 Å². The second-order valence-corrected chi connectivity index (χ2v) is 4.96. The Kier molecular flexibility index (Phi) is 2.89.